The minimum atomic E-state index is -0.953. The van der Waals surface area contributed by atoms with Crippen molar-refractivity contribution in [2.45, 2.75) is 13.0 Å². The lowest BCUT2D eigenvalue weighted by atomic mass is 10.0. The van der Waals surface area contributed by atoms with Gasteiger partial charge in [-0.1, -0.05) is 29.4 Å². The van der Waals surface area contributed by atoms with E-state index < -0.39 is 29.1 Å². The van der Waals surface area contributed by atoms with Crippen LogP contribution >= 0.6 is 0 Å². The first-order chi connectivity index (χ1) is 20.7. The molecule has 0 bridgehead atoms. The molecule has 16 nitrogen and oxygen atoms in total. The number of carbonyl (C=O) groups is 2. The third-order valence-electron chi connectivity index (χ3n) is 6.98. The fourth-order valence-corrected chi connectivity index (χ4v) is 4.85. The molecule has 0 atom stereocenters. The topological polar surface area (TPSA) is 213 Å². The molecule has 6 aromatic rings. The molecule has 16 heteroatoms. The summed E-state index contributed by atoms with van der Waals surface area (Å²) in [7, 11) is 1.57. The van der Waals surface area contributed by atoms with Gasteiger partial charge in [0.1, 0.15) is 11.4 Å². The average molecular weight is 582 g/mol. The zero-order chi connectivity index (χ0) is 29.8. The smallest absolute Gasteiger partial charge is 0.408 e. The molecule has 0 radical (unpaired) electrons. The monoisotopic (exact) mass is 582 g/mol. The molecule has 214 valence electrons. The summed E-state index contributed by atoms with van der Waals surface area (Å²) in [5, 5.41) is 12.8. The van der Waals surface area contributed by atoms with Gasteiger partial charge >= 0.3 is 17.3 Å². The summed E-state index contributed by atoms with van der Waals surface area (Å²) in [6.07, 6.45) is 2.26. The minimum absolute atomic E-state index is 0.0715. The van der Waals surface area contributed by atoms with E-state index in [0.29, 0.717) is 34.3 Å². The third kappa shape index (κ3) is 4.42. The maximum Gasteiger partial charge on any atom is 0.448 e. The summed E-state index contributed by atoms with van der Waals surface area (Å²) in [5.41, 5.74) is 3.93. The van der Waals surface area contributed by atoms with Crippen LogP contribution in [-0.2, 0) is 20.0 Å². The van der Waals surface area contributed by atoms with Gasteiger partial charge in [-0.2, -0.15) is 0 Å². The number of hydrogen-bond donors (Lipinski definition) is 3. The Kier molecular flexibility index (Phi) is 5.75. The van der Waals surface area contributed by atoms with Crippen molar-refractivity contribution in [2.75, 3.05) is 0 Å². The van der Waals surface area contributed by atoms with Gasteiger partial charge in [-0.25, -0.2) is 23.8 Å². The second-order valence-electron chi connectivity index (χ2n) is 9.61. The van der Waals surface area contributed by atoms with E-state index in [1.165, 1.54) is 10.6 Å². The number of H-pyrrole nitrogens is 1. The molecule has 43 heavy (non-hydrogen) atoms. The maximum atomic E-state index is 13.4. The normalized spacial score (nSPS) is 12.4. The second kappa shape index (κ2) is 9.65. The van der Waals surface area contributed by atoms with Crippen molar-refractivity contribution >= 4 is 34.4 Å². The van der Waals surface area contributed by atoms with Gasteiger partial charge in [0, 0.05) is 30.4 Å². The summed E-state index contributed by atoms with van der Waals surface area (Å²) in [6.45, 7) is 0.0715. The molecule has 2 amide bonds. The highest BCUT2D eigenvalue weighted by Gasteiger charge is 2.24. The maximum absolute atomic E-state index is 13.4. The largest absolute Gasteiger partial charge is 0.448 e. The number of amides is 2. The van der Waals surface area contributed by atoms with Crippen molar-refractivity contribution in [1.29, 1.82) is 0 Å². The van der Waals surface area contributed by atoms with Crippen LogP contribution in [0.3, 0.4) is 0 Å². The number of carbonyl (C=O) groups excluding carboxylic acids is 2. The van der Waals surface area contributed by atoms with Crippen LogP contribution < -0.4 is 27.9 Å². The molecule has 4 aromatic heterocycles. The number of hydrogen-bond acceptors (Lipinski definition) is 11. The number of allylic oxidation sites excluding steroid dienone is 1. The number of aryl methyl sites for hydroxylation is 1. The quantitative estimate of drug-likeness (QED) is 0.249. The molecule has 0 unspecified atom stereocenters. The first-order valence-corrected chi connectivity index (χ1v) is 12.7. The van der Waals surface area contributed by atoms with Gasteiger partial charge in [-0.05, 0) is 47.0 Å². The Labute approximate surface area is 237 Å². The molecule has 0 aliphatic heterocycles. The van der Waals surface area contributed by atoms with Gasteiger partial charge in [-0.3, -0.25) is 28.2 Å². The van der Waals surface area contributed by atoms with E-state index in [4.69, 9.17) is 8.94 Å². The van der Waals surface area contributed by atoms with Crippen molar-refractivity contribution < 1.29 is 23.1 Å². The molecule has 2 aromatic carbocycles. The number of oxazole rings is 1. The van der Waals surface area contributed by atoms with Gasteiger partial charge in [-0.15, -0.1) is 0 Å². The van der Waals surface area contributed by atoms with Crippen LogP contribution in [0.4, 0.5) is 0 Å². The van der Waals surface area contributed by atoms with Crippen molar-refractivity contribution in [3.8, 4) is 11.4 Å². The molecule has 1 aliphatic rings. The van der Waals surface area contributed by atoms with Crippen molar-refractivity contribution in [2.24, 2.45) is 7.05 Å². The lowest BCUT2D eigenvalue weighted by Gasteiger charge is -2.11. The van der Waals surface area contributed by atoms with E-state index in [2.05, 4.69) is 35.4 Å². The standard InChI is InChI=1S/C27H18N8O8/c1-34-18-8-12(2-7-20(18)41-26(34)39)11-28-22(36)17-10-19(35-24(30-17)33-43-27(35)40)23(37)29-16-6-4-13-9-14(3-5-15(13)16)21-31-25(38)42-32-21/h2-3,5-10H,4,11H2,1H3,(H,28,36)(H,29,37)(H,31,32,38). The first kappa shape index (κ1) is 25.6. The van der Waals surface area contributed by atoms with Crippen LogP contribution in [0.25, 0.3) is 34.0 Å². The van der Waals surface area contributed by atoms with Crippen molar-refractivity contribution in [1.82, 2.24) is 39.9 Å². The van der Waals surface area contributed by atoms with Crippen molar-refractivity contribution in [3.63, 3.8) is 0 Å². The first-order valence-electron chi connectivity index (χ1n) is 12.7. The highest BCUT2D eigenvalue weighted by molar-refractivity contribution is 6.02. The van der Waals surface area contributed by atoms with Gasteiger partial charge in [0.15, 0.2) is 11.4 Å². The summed E-state index contributed by atoms with van der Waals surface area (Å²) in [5.74, 6) is -3.48. The summed E-state index contributed by atoms with van der Waals surface area (Å²) >= 11 is 0. The Hall–Kier alpha value is -6.32. The summed E-state index contributed by atoms with van der Waals surface area (Å²) in [4.78, 5) is 68.5. The fourth-order valence-electron chi connectivity index (χ4n) is 4.85. The molecule has 0 fully saturated rings. The van der Waals surface area contributed by atoms with Crippen LogP contribution in [0, 0.1) is 0 Å². The SMILES string of the molecule is Cn1c(=O)oc2ccc(CNC(=O)c3cc(C(=O)NC4=CCc5cc(-c6noc(=O)[nH]6)ccc54)n4c(=O)onc4n3)cc21. The van der Waals surface area contributed by atoms with Crippen LogP contribution in [-0.4, -0.2) is 41.1 Å². The number of aromatic nitrogens is 6. The molecule has 0 saturated heterocycles. The number of aromatic amines is 1. The molecule has 4 heterocycles. The minimum Gasteiger partial charge on any atom is -0.408 e. The van der Waals surface area contributed by atoms with Gasteiger partial charge in [0.05, 0.1) is 5.52 Å². The third-order valence-corrected chi connectivity index (χ3v) is 6.98. The Balaban J connectivity index is 1.13. The Morgan fingerprint density at radius 1 is 1.00 bits per heavy atom. The summed E-state index contributed by atoms with van der Waals surface area (Å²) < 4.78 is 16.6. The zero-order valence-corrected chi connectivity index (χ0v) is 22.0. The second-order valence-corrected chi connectivity index (χ2v) is 9.61. The molecule has 0 saturated carbocycles. The van der Waals surface area contributed by atoms with Crippen LogP contribution in [0.1, 0.15) is 37.7 Å². The van der Waals surface area contributed by atoms with E-state index in [9.17, 15) is 24.0 Å². The van der Waals surface area contributed by atoms with Crippen LogP contribution in [0.5, 0.6) is 0 Å². The highest BCUT2D eigenvalue weighted by atomic mass is 16.5. The number of nitrogens with one attached hydrogen (secondary N) is 3. The number of nitrogens with zero attached hydrogens (tertiary/aromatic N) is 5. The molecule has 1 aliphatic carbocycles. The highest BCUT2D eigenvalue weighted by Crippen LogP contribution is 2.29. The van der Waals surface area contributed by atoms with E-state index in [1.807, 2.05) is 0 Å². The van der Waals surface area contributed by atoms with E-state index >= 15 is 0 Å². The van der Waals surface area contributed by atoms with E-state index in [-0.39, 0.29) is 29.5 Å². The van der Waals surface area contributed by atoms with E-state index in [0.717, 1.165) is 15.5 Å². The zero-order valence-electron chi connectivity index (χ0n) is 22.0. The van der Waals surface area contributed by atoms with Crippen LogP contribution in [0.2, 0.25) is 0 Å². The van der Waals surface area contributed by atoms with Gasteiger partial charge < -0.3 is 15.1 Å². The number of fused-ring (bicyclic) bond motifs is 3. The van der Waals surface area contributed by atoms with E-state index in [1.54, 1.807) is 49.5 Å². The van der Waals surface area contributed by atoms with Crippen LogP contribution in [0.15, 0.2) is 76.4 Å². The Morgan fingerprint density at radius 3 is 2.67 bits per heavy atom. The number of rotatable bonds is 6. The summed E-state index contributed by atoms with van der Waals surface area (Å²) in [6, 6.07) is 11.5. The van der Waals surface area contributed by atoms with Gasteiger partial charge in [0.25, 0.3) is 17.6 Å². The Bertz CT molecular complexity index is 2330. The van der Waals surface area contributed by atoms with Gasteiger partial charge in [0.2, 0.25) is 0 Å². The fraction of sp³-hybridized carbons (Fsp3) is 0.111. The van der Waals surface area contributed by atoms with Crippen molar-refractivity contribution in [3.05, 3.63) is 108 Å². The molecular formula is C27H18N8O8. The average Bonchev–Trinajstić information content (AvgIpc) is 3.78. The lowest BCUT2D eigenvalue weighted by molar-refractivity contribution is 0.0946. The molecule has 3 N–H and O–H groups in total. The molecule has 7 rings (SSSR count). The molecular weight excluding hydrogens is 564 g/mol. The predicted molar refractivity (Wildman–Crippen MR) is 146 cm³/mol. The predicted octanol–water partition coefficient (Wildman–Crippen LogP) is 0.728. The Morgan fingerprint density at radius 2 is 1.86 bits per heavy atom. The molecule has 0 spiro atoms. The number of benzene rings is 2. The lowest BCUT2D eigenvalue weighted by Crippen LogP contribution is -2.29.